The number of aromatic nitrogens is 3. The molecule has 2 aromatic carbocycles. The molecule has 1 aliphatic carbocycles. The minimum Gasteiger partial charge on any atom is -0.300 e. The second-order valence-corrected chi connectivity index (χ2v) is 9.07. The number of aryl methyl sites for hydroxylation is 1. The van der Waals surface area contributed by atoms with Crippen molar-refractivity contribution in [2.24, 2.45) is 0 Å². The summed E-state index contributed by atoms with van der Waals surface area (Å²) in [6.07, 6.45) is 2.41. The molecule has 31 heavy (non-hydrogen) atoms. The van der Waals surface area contributed by atoms with Gasteiger partial charge in [-0.15, -0.1) is 0 Å². The lowest BCUT2D eigenvalue weighted by atomic mass is 10.1. The zero-order valence-electron chi connectivity index (χ0n) is 18.6. The summed E-state index contributed by atoms with van der Waals surface area (Å²) in [7, 11) is 4.05. The Kier molecular flexibility index (Phi) is 6.36. The molecule has 4 rings (SSSR count). The average Bonchev–Trinajstić information content (AvgIpc) is 3.53. The van der Waals surface area contributed by atoms with Gasteiger partial charge in [-0.2, -0.15) is 5.10 Å². The van der Waals surface area contributed by atoms with E-state index < -0.39 is 0 Å². The van der Waals surface area contributed by atoms with Gasteiger partial charge in [-0.25, -0.2) is 9.07 Å². The second-order valence-electron chi connectivity index (χ2n) is 8.70. The molecule has 0 saturated heterocycles. The SMILES string of the molecule is Cc1cccc(CN(Cn2nc([C@@H](C)N(C)C)n(-c3ccc(F)cc3)c2=S)C2CC2)c1. The number of benzene rings is 2. The van der Waals surface area contributed by atoms with E-state index in [-0.39, 0.29) is 11.9 Å². The van der Waals surface area contributed by atoms with Crippen molar-refractivity contribution >= 4 is 12.2 Å². The van der Waals surface area contributed by atoms with Gasteiger partial charge in [0.2, 0.25) is 4.77 Å². The minimum absolute atomic E-state index is 0.0548. The summed E-state index contributed by atoms with van der Waals surface area (Å²) in [6.45, 7) is 5.74. The lowest BCUT2D eigenvalue weighted by Gasteiger charge is -2.22. The molecule has 0 aliphatic heterocycles. The van der Waals surface area contributed by atoms with Gasteiger partial charge in [-0.1, -0.05) is 29.8 Å². The molecule has 0 amide bonds. The zero-order valence-corrected chi connectivity index (χ0v) is 19.4. The van der Waals surface area contributed by atoms with Crippen LogP contribution in [0.1, 0.15) is 42.8 Å². The quantitative estimate of drug-likeness (QED) is 0.457. The Bertz CT molecular complexity index is 1100. The molecular formula is C24H30FN5S. The van der Waals surface area contributed by atoms with E-state index in [1.807, 2.05) is 23.3 Å². The van der Waals surface area contributed by atoms with E-state index in [9.17, 15) is 4.39 Å². The zero-order chi connectivity index (χ0) is 22.1. The summed E-state index contributed by atoms with van der Waals surface area (Å²) in [4.78, 5) is 4.56. The van der Waals surface area contributed by atoms with Gasteiger partial charge in [0.25, 0.3) is 0 Å². The van der Waals surface area contributed by atoms with E-state index in [2.05, 4.69) is 47.9 Å². The summed E-state index contributed by atoms with van der Waals surface area (Å²) in [5, 5.41) is 4.94. The third-order valence-electron chi connectivity index (χ3n) is 5.94. The average molecular weight is 440 g/mol. The fraction of sp³-hybridized carbons (Fsp3) is 0.417. The summed E-state index contributed by atoms with van der Waals surface area (Å²) in [5.41, 5.74) is 3.41. The first-order valence-electron chi connectivity index (χ1n) is 10.7. The maximum absolute atomic E-state index is 13.5. The Labute approximate surface area is 188 Å². The van der Waals surface area contributed by atoms with Crippen LogP contribution in [-0.2, 0) is 13.2 Å². The van der Waals surface area contributed by atoms with Crippen molar-refractivity contribution in [1.82, 2.24) is 24.1 Å². The molecule has 1 aromatic heterocycles. The van der Waals surface area contributed by atoms with E-state index in [0.717, 1.165) is 18.1 Å². The van der Waals surface area contributed by atoms with Crippen molar-refractivity contribution in [1.29, 1.82) is 0 Å². The van der Waals surface area contributed by atoms with Crippen LogP contribution in [0.3, 0.4) is 0 Å². The molecule has 7 heteroatoms. The molecular weight excluding hydrogens is 409 g/mol. The summed E-state index contributed by atoms with van der Waals surface area (Å²) in [6, 6.07) is 15.7. The normalized spacial score (nSPS) is 15.1. The molecule has 0 spiro atoms. The van der Waals surface area contributed by atoms with E-state index in [1.165, 1.54) is 36.1 Å². The van der Waals surface area contributed by atoms with E-state index in [1.54, 1.807) is 12.1 Å². The summed E-state index contributed by atoms with van der Waals surface area (Å²) >= 11 is 5.87. The molecule has 1 heterocycles. The third-order valence-corrected chi connectivity index (χ3v) is 6.34. The predicted octanol–water partition coefficient (Wildman–Crippen LogP) is 5.10. The molecule has 1 aliphatic rings. The highest BCUT2D eigenvalue weighted by atomic mass is 32.1. The van der Waals surface area contributed by atoms with Crippen molar-refractivity contribution in [3.05, 3.63) is 76.1 Å². The first kappa shape index (κ1) is 21.9. The summed E-state index contributed by atoms with van der Waals surface area (Å²) in [5.74, 6) is 0.593. The van der Waals surface area contributed by atoms with Gasteiger partial charge in [0, 0.05) is 18.3 Å². The van der Waals surface area contributed by atoms with Crippen molar-refractivity contribution < 1.29 is 4.39 Å². The van der Waals surface area contributed by atoms with E-state index in [4.69, 9.17) is 17.3 Å². The van der Waals surface area contributed by atoms with Crippen molar-refractivity contribution in [2.45, 2.75) is 52.0 Å². The van der Waals surface area contributed by atoms with Gasteiger partial charge < -0.3 is 0 Å². The highest BCUT2D eigenvalue weighted by Gasteiger charge is 2.30. The van der Waals surface area contributed by atoms with E-state index >= 15 is 0 Å². The standard InChI is InChI=1S/C24H30FN5S/c1-17-6-5-7-19(14-17)15-28(21-12-13-21)16-29-24(31)30(22-10-8-20(25)9-11-22)23(26-29)18(2)27(3)4/h5-11,14,18,21H,12-13,15-16H2,1-4H3/t18-/m1/s1. The first-order valence-corrected chi connectivity index (χ1v) is 11.2. The van der Waals surface area contributed by atoms with Crippen LogP contribution in [-0.4, -0.2) is 44.3 Å². The van der Waals surface area contributed by atoms with Crippen LogP contribution in [0.15, 0.2) is 48.5 Å². The van der Waals surface area contributed by atoms with Gasteiger partial charge in [0.15, 0.2) is 5.82 Å². The maximum atomic E-state index is 13.5. The van der Waals surface area contributed by atoms with Crippen LogP contribution in [0.5, 0.6) is 0 Å². The topological polar surface area (TPSA) is 29.2 Å². The van der Waals surface area contributed by atoms with Crippen LogP contribution >= 0.6 is 12.2 Å². The van der Waals surface area contributed by atoms with Gasteiger partial charge in [0.1, 0.15) is 5.82 Å². The Morgan fingerprint density at radius 2 is 1.87 bits per heavy atom. The molecule has 1 fully saturated rings. The number of hydrogen-bond donors (Lipinski definition) is 0. The number of rotatable bonds is 8. The van der Waals surface area contributed by atoms with Crippen molar-refractivity contribution in [3.8, 4) is 5.69 Å². The maximum Gasteiger partial charge on any atom is 0.203 e. The van der Waals surface area contributed by atoms with Crippen molar-refractivity contribution in [2.75, 3.05) is 14.1 Å². The molecule has 5 nitrogen and oxygen atoms in total. The molecule has 0 N–H and O–H groups in total. The molecule has 1 atom stereocenters. The Morgan fingerprint density at radius 3 is 2.48 bits per heavy atom. The van der Waals surface area contributed by atoms with Gasteiger partial charge in [-0.05, 0) is 82.8 Å². The molecule has 0 bridgehead atoms. The van der Waals surface area contributed by atoms with Crippen LogP contribution < -0.4 is 0 Å². The summed E-state index contributed by atoms with van der Waals surface area (Å²) < 4.78 is 18.0. The highest BCUT2D eigenvalue weighted by Crippen LogP contribution is 2.30. The lowest BCUT2D eigenvalue weighted by Crippen LogP contribution is -2.29. The Hall–Kier alpha value is -2.35. The largest absolute Gasteiger partial charge is 0.300 e. The van der Waals surface area contributed by atoms with Crippen LogP contribution in [0.2, 0.25) is 0 Å². The minimum atomic E-state index is -0.261. The molecule has 1 saturated carbocycles. The second kappa shape index (κ2) is 9.02. The molecule has 0 unspecified atom stereocenters. The fourth-order valence-electron chi connectivity index (χ4n) is 3.80. The molecule has 0 radical (unpaired) electrons. The lowest BCUT2D eigenvalue weighted by molar-refractivity contribution is 0.185. The van der Waals surface area contributed by atoms with Crippen LogP contribution in [0.4, 0.5) is 4.39 Å². The highest BCUT2D eigenvalue weighted by molar-refractivity contribution is 7.71. The number of nitrogens with zero attached hydrogens (tertiary/aromatic N) is 5. The predicted molar refractivity (Wildman–Crippen MR) is 124 cm³/mol. The Morgan fingerprint density at radius 1 is 1.16 bits per heavy atom. The number of hydrogen-bond acceptors (Lipinski definition) is 4. The fourth-order valence-corrected chi connectivity index (χ4v) is 4.10. The van der Waals surface area contributed by atoms with Gasteiger partial charge in [-0.3, -0.25) is 14.4 Å². The monoisotopic (exact) mass is 439 g/mol. The van der Waals surface area contributed by atoms with Crippen molar-refractivity contribution in [3.63, 3.8) is 0 Å². The third kappa shape index (κ3) is 4.95. The smallest absolute Gasteiger partial charge is 0.203 e. The van der Waals surface area contributed by atoms with Crippen LogP contribution in [0.25, 0.3) is 5.69 Å². The van der Waals surface area contributed by atoms with Gasteiger partial charge >= 0.3 is 0 Å². The molecule has 3 aromatic rings. The van der Waals surface area contributed by atoms with E-state index in [0.29, 0.717) is 17.5 Å². The van der Waals surface area contributed by atoms with Gasteiger partial charge in [0.05, 0.1) is 12.7 Å². The number of halogens is 1. The molecule has 164 valence electrons. The van der Waals surface area contributed by atoms with Crippen LogP contribution in [0, 0.1) is 17.5 Å². The Balaban J connectivity index is 1.69. The first-order chi connectivity index (χ1) is 14.8.